The van der Waals surface area contributed by atoms with Gasteiger partial charge in [0.15, 0.2) is 0 Å². The highest BCUT2D eigenvalue weighted by atomic mass is 19.3. The van der Waals surface area contributed by atoms with Crippen LogP contribution >= 0.6 is 0 Å². The van der Waals surface area contributed by atoms with Crippen molar-refractivity contribution >= 4 is 6.09 Å². The second kappa shape index (κ2) is 5.36. The summed E-state index contributed by atoms with van der Waals surface area (Å²) in [6.45, 7) is 2.10. The Bertz CT molecular complexity index is 500. The molecular weight excluding hydrogens is 266 g/mol. The van der Waals surface area contributed by atoms with Gasteiger partial charge in [0.25, 0.3) is 5.92 Å². The third kappa shape index (κ3) is 3.07. The molecule has 0 saturated carbocycles. The van der Waals surface area contributed by atoms with E-state index in [0.717, 1.165) is 4.90 Å². The summed E-state index contributed by atoms with van der Waals surface area (Å²) in [5, 5.41) is 8.69. The molecule has 1 atom stereocenters. The normalized spacial score (nSPS) is 17.7. The van der Waals surface area contributed by atoms with Crippen molar-refractivity contribution in [2.75, 3.05) is 13.1 Å². The summed E-state index contributed by atoms with van der Waals surface area (Å²) in [4.78, 5) is 11.7. The van der Waals surface area contributed by atoms with Gasteiger partial charge in [-0.15, -0.1) is 0 Å². The van der Waals surface area contributed by atoms with Crippen LogP contribution in [0.1, 0.15) is 30.5 Å². The molecule has 1 saturated heterocycles. The van der Waals surface area contributed by atoms with Gasteiger partial charge in [-0.25, -0.2) is 13.6 Å². The van der Waals surface area contributed by atoms with Gasteiger partial charge in [-0.3, -0.25) is 0 Å². The number of hydrogen-bond acceptors (Lipinski definition) is 2. The summed E-state index contributed by atoms with van der Waals surface area (Å²) in [6.07, 6.45) is -1.39. The average Bonchev–Trinajstić information content (AvgIpc) is 2.33. The third-order valence-corrected chi connectivity index (χ3v) is 3.61. The SMILES string of the molecule is C[C@@H](N)c1cccc(C(F)(F)CC2CN(C(=O)O)C2)c1. The van der Waals surface area contributed by atoms with Crippen molar-refractivity contribution in [3.63, 3.8) is 0 Å². The van der Waals surface area contributed by atoms with Crippen LogP contribution in [-0.4, -0.2) is 29.2 Å². The van der Waals surface area contributed by atoms with Gasteiger partial charge in [-0.1, -0.05) is 18.2 Å². The number of benzene rings is 1. The Morgan fingerprint density at radius 1 is 1.55 bits per heavy atom. The quantitative estimate of drug-likeness (QED) is 0.893. The number of nitrogens with two attached hydrogens (primary N) is 1. The highest BCUT2D eigenvalue weighted by Crippen LogP contribution is 2.38. The Hall–Kier alpha value is -1.69. The van der Waals surface area contributed by atoms with E-state index in [0.29, 0.717) is 5.56 Å². The Balaban J connectivity index is 2.03. The molecule has 2 rings (SSSR count). The molecule has 20 heavy (non-hydrogen) atoms. The van der Waals surface area contributed by atoms with E-state index >= 15 is 0 Å². The third-order valence-electron chi connectivity index (χ3n) is 3.61. The Morgan fingerprint density at radius 3 is 2.75 bits per heavy atom. The first-order valence-electron chi connectivity index (χ1n) is 6.51. The number of nitrogens with zero attached hydrogens (tertiary/aromatic N) is 1. The fraction of sp³-hybridized carbons (Fsp3) is 0.500. The summed E-state index contributed by atoms with van der Waals surface area (Å²) < 4.78 is 28.4. The number of amides is 1. The maximum atomic E-state index is 14.2. The molecule has 6 heteroatoms. The maximum absolute atomic E-state index is 14.2. The van der Waals surface area contributed by atoms with Gasteiger partial charge >= 0.3 is 6.09 Å². The summed E-state index contributed by atoms with van der Waals surface area (Å²) in [5.74, 6) is -3.25. The minimum Gasteiger partial charge on any atom is -0.465 e. The zero-order valence-corrected chi connectivity index (χ0v) is 11.2. The number of halogens is 2. The molecule has 1 amide bonds. The van der Waals surface area contributed by atoms with Crippen LogP contribution in [-0.2, 0) is 5.92 Å². The zero-order valence-electron chi connectivity index (χ0n) is 11.2. The molecular formula is C14H18F2N2O2. The highest BCUT2D eigenvalue weighted by molar-refractivity contribution is 5.66. The largest absolute Gasteiger partial charge is 0.465 e. The summed E-state index contributed by atoms with van der Waals surface area (Å²) >= 11 is 0. The number of carboxylic acid groups (broad SMARTS) is 1. The molecule has 3 N–H and O–H groups in total. The molecule has 0 aliphatic carbocycles. The van der Waals surface area contributed by atoms with Crippen LogP contribution in [0, 0.1) is 5.92 Å². The van der Waals surface area contributed by atoms with Crippen molar-refractivity contribution in [2.45, 2.75) is 25.3 Å². The van der Waals surface area contributed by atoms with E-state index < -0.39 is 12.0 Å². The van der Waals surface area contributed by atoms with Gasteiger partial charge in [-0.2, -0.15) is 0 Å². The van der Waals surface area contributed by atoms with Gasteiger partial charge < -0.3 is 15.7 Å². The number of hydrogen-bond donors (Lipinski definition) is 2. The van der Waals surface area contributed by atoms with Crippen LogP contribution in [0.3, 0.4) is 0 Å². The van der Waals surface area contributed by atoms with Crippen molar-refractivity contribution in [3.05, 3.63) is 35.4 Å². The van der Waals surface area contributed by atoms with E-state index in [4.69, 9.17) is 10.8 Å². The highest BCUT2D eigenvalue weighted by Gasteiger charge is 2.40. The van der Waals surface area contributed by atoms with E-state index in [1.165, 1.54) is 12.1 Å². The first kappa shape index (κ1) is 14.7. The molecule has 1 aromatic carbocycles. The van der Waals surface area contributed by atoms with Crippen molar-refractivity contribution < 1.29 is 18.7 Å². The van der Waals surface area contributed by atoms with Gasteiger partial charge in [0.1, 0.15) is 0 Å². The van der Waals surface area contributed by atoms with Crippen LogP contribution < -0.4 is 5.73 Å². The second-order valence-electron chi connectivity index (χ2n) is 5.38. The smallest absolute Gasteiger partial charge is 0.407 e. The number of likely N-dealkylation sites (tertiary alicyclic amines) is 1. The predicted molar refractivity (Wildman–Crippen MR) is 70.6 cm³/mol. The fourth-order valence-electron chi connectivity index (χ4n) is 2.38. The predicted octanol–water partition coefficient (Wildman–Crippen LogP) is 2.80. The van der Waals surface area contributed by atoms with Crippen molar-refractivity contribution in [1.29, 1.82) is 0 Å². The Kier molecular flexibility index (Phi) is 3.94. The standard InChI is InChI=1S/C14H18F2N2O2/c1-9(17)11-3-2-4-12(5-11)14(15,16)6-10-7-18(8-10)13(19)20/h2-5,9-10H,6-8,17H2,1H3,(H,19,20)/t9-/m1/s1. The monoisotopic (exact) mass is 284 g/mol. The lowest BCUT2D eigenvalue weighted by Gasteiger charge is -2.38. The lowest BCUT2D eigenvalue weighted by Crippen LogP contribution is -2.50. The number of carbonyl (C=O) groups is 1. The van der Waals surface area contributed by atoms with E-state index in [9.17, 15) is 13.6 Å². The molecule has 1 aliphatic rings. The average molecular weight is 284 g/mol. The lowest BCUT2D eigenvalue weighted by atomic mass is 9.89. The van der Waals surface area contributed by atoms with Gasteiger partial charge in [-0.05, 0) is 18.6 Å². The molecule has 0 aromatic heterocycles. The number of rotatable bonds is 4. The van der Waals surface area contributed by atoms with Crippen LogP contribution in [0.2, 0.25) is 0 Å². The first-order chi connectivity index (χ1) is 9.29. The van der Waals surface area contributed by atoms with Crippen molar-refractivity contribution in [2.24, 2.45) is 11.7 Å². The fourth-order valence-corrected chi connectivity index (χ4v) is 2.38. The summed E-state index contributed by atoms with van der Waals surface area (Å²) in [5.41, 5.74) is 6.31. The molecule has 4 nitrogen and oxygen atoms in total. The Labute approximate surface area is 116 Å². The molecule has 0 spiro atoms. The topological polar surface area (TPSA) is 66.6 Å². The summed E-state index contributed by atoms with van der Waals surface area (Å²) in [7, 11) is 0. The van der Waals surface area contributed by atoms with Gasteiger partial charge in [0.05, 0.1) is 0 Å². The zero-order chi connectivity index (χ0) is 14.9. The second-order valence-corrected chi connectivity index (χ2v) is 5.38. The van der Waals surface area contributed by atoms with E-state index in [1.54, 1.807) is 19.1 Å². The lowest BCUT2D eigenvalue weighted by molar-refractivity contribution is -0.0528. The molecule has 1 aromatic rings. The van der Waals surface area contributed by atoms with Gasteiger partial charge in [0, 0.05) is 37.0 Å². The summed E-state index contributed by atoms with van der Waals surface area (Å²) in [6, 6.07) is 5.82. The number of alkyl halides is 2. The molecule has 1 aliphatic heterocycles. The van der Waals surface area contributed by atoms with Crippen LogP contribution in [0.25, 0.3) is 0 Å². The molecule has 0 unspecified atom stereocenters. The van der Waals surface area contributed by atoms with Crippen LogP contribution in [0.15, 0.2) is 24.3 Å². The molecule has 1 fully saturated rings. The van der Waals surface area contributed by atoms with Crippen molar-refractivity contribution in [3.8, 4) is 0 Å². The minimum atomic E-state index is -2.96. The molecule has 1 heterocycles. The van der Waals surface area contributed by atoms with Crippen LogP contribution in [0.4, 0.5) is 13.6 Å². The van der Waals surface area contributed by atoms with E-state index in [-0.39, 0.29) is 37.0 Å². The molecule has 110 valence electrons. The molecule has 0 bridgehead atoms. The van der Waals surface area contributed by atoms with Crippen LogP contribution in [0.5, 0.6) is 0 Å². The van der Waals surface area contributed by atoms with Crippen molar-refractivity contribution in [1.82, 2.24) is 4.90 Å². The van der Waals surface area contributed by atoms with E-state index in [1.807, 2.05) is 0 Å². The minimum absolute atomic E-state index is 0.0546. The maximum Gasteiger partial charge on any atom is 0.407 e. The Morgan fingerprint density at radius 2 is 2.20 bits per heavy atom. The first-order valence-corrected chi connectivity index (χ1v) is 6.51. The molecule has 0 radical (unpaired) electrons. The van der Waals surface area contributed by atoms with Gasteiger partial charge in [0.2, 0.25) is 0 Å². The van der Waals surface area contributed by atoms with E-state index in [2.05, 4.69) is 0 Å².